The van der Waals surface area contributed by atoms with Crippen LogP contribution in [-0.2, 0) is 11.4 Å². The number of nitrogens with zero attached hydrogens (tertiary/aromatic N) is 2. The molecule has 9 heteroatoms. The molecule has 1 aromatic heterocycles. The van der Waals surface area contributed by atoms with Crippen molar-refractivity contribution < 1.29 is 13.9 Å². The van der Waals surface area contributed by atoms with Gasteiger partial charge in [-0.3, -0.25) is 4.79 Å². The van der Waals surface area contributed by atoms with Gasteiger partial charge in [0.2, 0.25) is 5.91 Å². The molecule has 3 aromatic rings. The Morgan fingerprint density at radius 3 is 2.68 bits per heavy atom. The first kappa shape index (κ1) is 20.5. The van der Waals surface area contributed by atoms with Gasteiger partial charge in [0, 0.05) is 15.7 Å². The van der Waals surface area contributed by atoms with Gasteiger partial charge in [-0.25, -0.2) is 0 Å². The normalized spacial score (nSPS) is 10.7. The van der Waals surface area contributed by atoms with Crippen LogP contribution in [0.25, 0.3) is 0 Å². The summed E-state index contributed by atoms with van der Waals surface area (Å²) in [5.41, 5.74) is 2.73. The van der Waals surface area contributed by atoms with Gasteiger partial charge < -0.3 is 14.5 Å². The lowest BCUT2D eigenvalue weighted by Crippen LogP contribution is -2.13. The Labute approximate surface area is 176 Å². The number of halogens is 2. The molecule has 0 bridgehead atoms. The number of nitrogens with one attached hydrogen (secondary N) is 1. The van der Waals surface area contributed by atoms with E-state index in [1.807, 2.05) is 32.0 Å². The summed E-state index contributed by atoms with van der Waals surface area (Å²) in [7, 11) is 0. The van der Waals surface area contributed by atoms with Crippen LogP contribution in [0.5, 0.6) is 5.75 Å². The Kier molecular flexibility index (Phi) is 6.83. The fraction of sp³-hybridized carbons (Fsp3) is 0.211. The number of anilines is 1. The molecule has 146 valence electrons. The number of thioether (sulfide) groups is 1. The van der Waals surface area contributed by atoms with Crippen LogP contribution >= 0.6 is 35.0 Å². The van der Waals surface area contributed by atoms with Gasteiger partial charge >= 0.3 is 0 Å². The van der Waals surface area contributed by atoms with Crippen LogP contribution < -0.4 is 10.1 Å². The largest absolute Gasteiger partial charge is 0.484 e. The van der Waals surface area contributed by atoms with Crippen molar-refractivity contribution >= 4 is 46.6 Å². The summed E-state index contributed by atoms with van der Waals surface area (Å²) in [5.74, 6) is 0.969. The van der Waals surface area contributed by atoms with Crippen LogP contribution in [0.4, 0.5) is 5.69 Å². The molecular formula is C19H17Cl2N3O3S. The molecule has 0 aliphatic rings. The number of amides is 1. The molecule has 1 N–H and O–H groups in total. The van der Waals surface area contributed by atoms with Crippen molar-refractivity contribution in [2.75, 3.05) is 11.1 Å². The molecule has 1 heterocycles. The third-order valence-electron chi connectivity index (χ3n) is 3.83. The zero-order chi connectivity index (χ0) is 20.1. The molecule has 0 radical (unpaired) electrons. The van der Waals surface area contributed by atoms with E-state index in [4.69, 9.17) is 32.4 Å². The number of aryl methyl sites for hydroxylation is 1. The van der Waals surface area contributed by atoms with Gasteiger partial charge in [0.05, 0.1) is 5.75 Å². The van der Waals surface area contributed by atoms with Crippen LogP contribution in [0.15, 0.2) is 46.0 Å². The Morgan fingerprint density at radius 1 is 1.18 bits per heavy atom. The first-order chi connectivity index (χ1) is 13.4. The van der Waals surface area contributed by atoms with Crippen LogP contribution in [0, 0.1) is 13.8 Å². The minimum atomic E-state index is -0.241. The molecule has 0 aliphatic heterocycles. The van der Waals surface area contributed by atoms with Gasteiger partial charge in [0.25, 0.3) is 11.1 Å². The molecule has 28 heavy (non-hydrogen) atoms. The van der Waals surface area contributed by atoms with E-state index in [9.17, 15) is 4.79 Å². The number of ether oxygens (including phenoxy) is 1. The SMILES string of the molecule is Cc1cccc(OCc2nnc(SCC(=O)Nc3cc(Cl)cc(Cl)c3)o2)c1C. The number of rotatable bonds is 7. The van der Waals surface area contributed by atoms with Crippen molar-refractivity contribution in [1.29, 1.82) is 0 Å². The topological polar surface area (TPSA) is 77.2 Å². The number of carbonyl (C=O) groups is 1. The maximum absolute atomic E-state index is 12.1. The smallest absolute Gasteiger partial charge is 0.277 e. The lowest BCUT2D eigenvalue weighted by molar-refractivity contribution is -0.113. The molecule has 0 saturated carbocycles. The lowest BCUT2D eigenvalue weighted by atomic mass is 10.1. The number of hydrogen-bond acceptors (Lipinski definition) is 6. The summed E-state index contributed by atoms with van der Waals surface area (Å²) in [6, 6.07) is 10.7. The van der Waals surface area contributed by atoms with Gasteiger partial charge in [0.15, 0.2) is 6.61 Å². The molecule has 0 atom stereocenters. The van der Waals surface area contributed by atoms with Gasteiger partial charge in [-0.1, -0.05) is 47.1 Å². The highest BCUT2D eigenvalue weighted by atomic mass is 35.5. The van der Waals surface area contributed by atoms with Crippen molar-refractivity contribution in [3.05, 3.63) is 63.5 Å². The third-order valence-corrected chi connectivity index (χ3v) is 5.08. The fourth-order valence-electron chi connectivity index (χ4n) is 2.33. The van der Waals surface area contributed by atoms with E-state index in [-0.39, 0.29) is 18.3 Å². The molecular weight excluding hydrogens is 421 g/mol. The van der Waals surface area contributed by atoms with E-state index in [1.54, 1.807) is 18.2 Å². The van der Waals surface area contributed by atoms with Crippen LogP contribution in [0.3, 0.4) is 0 Å². The molecule has 0 unspecified atom stereocenters. The molecule has 3 rings (SSSR count). The summed E-state index contributed by atoms with van der Waals surface area (Å²) in [6.45, 7) is 4.17. The molecule has 0 fully saturated rings. The second-order valence-electron chi connectivity index (χ2n) is 5.94. The van der Waals surface area contributed by atoms with E-state index in [2.05, 4.69) is 15.5 Å². The maximum Gasteiger partial charge on any atom is 0.277 e. The zero-order valence-corrected chi connectivity index (χ0v) is 17.5. The summed E-state index contributed by atoms with van der Waals surface area (Å²) < 4.78 is 11.2. The van der Waals surface area contributed by atoms with Gasteiger partial charge in [-0.15, -0.1) is 10.2 Å². The van der Waals surface area contributed by atoms with Crippen molar-refractivity contribution in [3.8, 4) is 5.75 Å². The summed E-state index contributed by atoms with van der Waals surface area (Å²) in [6.07, 6.45) is 0. The van der Waals surface area contributed by atoms with Crippen molar-refractivity contribution in [2.45, 2.75) is 25.7 Å². The van der Waals surface area contributed by atoms with Gasteiger partial charge in [-0.05, 0) is 49.2 Å². The number of hydrogen-bond donors (Lipinski definition) is 1. The predicted octanol–water partition coefficient (Wildman–Crippen LogP) is 5.30. The number of aromatic nitrogens is 2. The maximum atomic E-state index is 12.1. The van der Waals surface area contributed by atoms with E-state index in [1.165, 1.54) is 0 Å². The van der Waals surface area contributed by atoms with Gasteiger partial charge in [-0.2, -0.15) is 0 Å². The molecule has 0 saturated heterocycles. The molecule has 1 amide bonds. The Hall–Kier alpha value is -2.22. The standard InChI is InChI=1S/C19H17Cl2N3O3S/c1-11-4-3-5-16(12(11)2)26-9-18-23-24-19(27-18)28-10-17(25)22-15-7-13(20)6-14(21)8-15/h3-8H,9-10H2,1-2H3,(H,22,25). The Bertz CT molecular complexity index is 974. The molecule has 0 spiro atoms. The van der Waals surface area contributed by atoms with E-state index >= 15 is 0 Å². The summed E-state index contributed by atoms with van der Waals surface area (Å²) in [5, 5.41) is 11.8. The average Bonchev–Trinajstić information content (AvgIpc) is 3.08. The molecule has 2 aromatic carbocycles. The second kappa shape index (κ2) is 9.32. The highest BCUT2D eigenvalue weighted by Crippen LogP contribution is 2.24. The van der Waals surface area contributed by atoms with E-state index < -0.39 is 0 Å². The van der Waals surface area contributed by atoms with E-state index in [0.29, 0.717) is 26.8 Å². The third kappa shape index (κ3) is 5.64. The first-order valence-electron chi connectivity index (χ1n) is 8.31. The van der Waals surface area contributed by atoms with Crippen molar-refractivity contribution in [1.82, 2.24) is 10.2 Å². The quantitative estimate of drug-likeness (QED) is 0.505. The first-order valence-corrected chi connectivity index (χ1v) is 10.0. The Balaban J connectivity index is 1.50. The highest BCUT2D eigenvalue weighted by molar-refractivity contribution is 7.99. The van der Waals surface area contributed by atoms with Gasteiger partial charge in [0.1, 0.15) is 5.75 Å². The minimum Gasteiger partial charge on any atom is -0.484 e. The van der Waals surface area contributed by atoms with Crippen LogP contribution in [0.1, 0.15) is 17.0 Å². The van der Waals surface area contributed by atoms with Crippen LogP contribution in [0.2, 0.25) is 10.0 Å². The van der Waals surface area contributed by atoms with E-state index in [0.717, 1.165) is 28.6 Å². The Morgan fingerprint density at radius 2 is 1.93 bits per heavy atom. The average molecular weight is 438 g/mol. The van der Waals surface area contributed by atoms with Crippen molar-refractivity contribution in [2.24, 2.45) is 0 Å². The number of benzene rings is 2. The molecule has 6 nitrogen and oxygen atoms in total. The lowest BCUT2D eigenvalue weighted by Gasteiger charge is -2.08. The molecule has 0 aliphatic carbocycles. The summed E-state index contributed by atoms with van der Waals surface area (Å²) >= 11 is 13.0. The summed E-state index contributed by atoms with van der Waals surface area (Å²) in [4.78, 5) is 12.1. The predicted molar refractivity (Wildman–Crippen MR) is 110 cm³/mol. The zero-order valence-electron chi connectivity index (χ0n) is 15.2. The fourth-order valence-corrected chi connectivity index (χ4v) is 3.43. The van der Waals surface area contributed by atoms with Crippen molar-refractivity contribution in [3.63, 3.8) is 0 Å². The highest BCUT2D eigenvalue weighted by Gasteiger charge is 2.12. The number of carbonyl (C=O) groups excluding carboxylic acids is 1. The van der Waals surface area contributed by atoms with Crippen LogP contribution in [-0.4, -0.2) is 21.9 Å². The monoisotopic (exact) mass is 437 g/mol. The second-order valence-corrected chi connectivity index (χ2v) is 7.74. The minimum absolute atomic E-state index is 0.101.